The maximum Gasteiger partial charge on any atom is 0.308 e. The molecule has 6 rings (SSSR count). The number of ketones is 1. The third kappa shape index (κ3) is 15.2. The standard InChI is InChI=1S/C51H77N3O16/c1-28-10-17-39(55)29(2)21-36-18-19-63-26-38(53-67-25-33-11-13-35(14-12-33)49(60)52-37-15-16-37)27-64-40(30(3)46(36)70-50-45(59)42(54(6)7)43(57)31(4)68-50)22-41(56)65-23-34(20-28)24-66-51-48(62-9)47(61-8)44(58)32(5)69-51/h10-14,17,20,29-32,34,36-37,40,42-48,50-51,57-59H,15-16,18-19,21-27H2,1-9H3,(H,52,60)/b17-10+,28-20+,53-38+/t29-,30+,31-,32-,34+,36?,40-,42+,43-,44-,45-,46-,47-,48-,50+,51-/m1/s1. The van der Waals surface area contributed by atoms with Gasteiger partial charge in [-0.2, -0.15) is 0 Å². The molecule has 4 heterocycles. The molecule has 0 spiro atoms. The minimum Gasteiger partial charge on any atom is -0.465 e. The largest absolute Gasteiger partial charge is 0.465 e. The number of nitrogens with zero attached hydrogens (tertiary/aromatic N) is 2. The quantitative estimate of drug-likeness (QED) is 0.164. The number of cyclic esters (lactones) is 1. The van der Waals surface area contributed by atoms with E-state index in [-0.39, 0.29) is 69.7 Å². The number of aliphatic hydroxyl groups is 3. The van der Waals surface area contributed by atoms with E-state index in [4.69, 9.17) is 47.5 Å². The van der Waals surface area contributed by atoms with Crippen LogP contribution in [0.5, 0.6) is 0 Å². The molecule has 392 valence electrons. The first-order valence-electron chi connectivity index (χ1n) is 24.6. The van der Waals surface area contributed by atoms with Crippen molar-refractivity contribution in [2.75, 3.05) is 61.3 Å². The molecule has 1 unspecified atom stereocenters. The minimum absolute atomic E-state index is 0.0189. The summed E-state index contributed by atoms with van der Waals surface area (Å²) < 4.78 is 55.3. The summed E-state index contributed by atoms with van der Waals surface area (Å²) in [5.74, 6) is -2.77. The molecule has 1 saturated carbocycles. The summed E-state index contributed by atoms with van der Waals surface area (Å²) in [6.45, 7) is 9.23. The van der Waals surface area contributed by atoms with Crippen LogP contribution in [0.15, 0.2) is 53.2 Å². The Hall–Kier alpha value is -3.70. The molecule has 0 radical (unpaired) electrons. The molecule has 1 aliphatic carbocycles. The molecule has 4 aliphatic heterocycles. The average molecular weight is 988 g/mol. The highest BCUT2D eigenvalue weighted by atomic mass is 16.7. The number of hydrogen-bond acceptors (Lipinski definition) is 18. The van der Waals surface area contributed by atoms with Gasteiger partial charge in [0.2, 0.25) is 0 Å². The smallest absolute Gasteiger partial charge is 0.308 e. The lowest BCUT2D eigenvalue weighted by Gasteiger charge is -2.47. The van der Waals surface area contributed by atoms with Crippen LogP contribution in [0, 0.1) is 23.7 Å². The Labute approximate surface area is 412 Å². The zero-order chi connectivity index (χ0) is 50.6. The Morgan fingerprint density at radius 1 is 0.871 bits per heavy atom. The Morgan fingerprint density at radius 2 is 1.57 bits per heavy atom. The van der Waals surface area contributed by atoms with Gasteiger partial charge in [-0.3, -0.25) is 14.4 Å². The summed E-state index contributed by atoms with van der Waals surface area (Å²) in [5, 5.41) is 40.9. The van der Waals surface area contributed by atoms with E-state index in [0.717, 1.165) is 24.0 Å². The average Bonchev–Trinajstić information content (AvgIpc) is 4.16. The van der Waals surface area contributed by atoms with Gasteiger partial charge in [-0.1, -0.05) is 48.9 Å². The van der Waals surface area contributed by atoms with Crippen LogP contribution in [0.4, 0.5) is 0 Å². The molecular formula is C51H77N3O16. The van der Waals surface area contributed by atoms with Crippen molar-refractivity contribution in [1.82, 2.24) is 10.2 Å². The van der Waals surface area contributed by atoms with E-state index in [9.17, 15) is 29.7 Å². The molecule has 1 aromatic rings. The highest BCUT2D eigenvalue weighted by molar-refractivity contribution is 5.94. The monoisotopic (exact) mass is 988 g/mol. The topological polar surface area (TPSA) is 232 Å². The van der Waals surface area contributed by atoms with Crippen molar-refractivity contribution >= 4 is 23.4 Å². The summed E-state index contributed by atoms with van der Waals surface area (Å²) in [6.07, 6.45) is -2.10. The molecule has 0 aromatic heterocycles. The number of amides is 1. The second-order valence-corrected chi connectivity index (χ2v) is 19.8. The molecule has 16 atom stereocenters. The van der Waals surface area contributed by atoms with Crippen LogP contribution >= 0.6 is 0 Å². The van der Waals surface area contributed by atoms with Crippen LogP contribution in [-0.2, 0) is 63.7 Å². The fraction of sp³-hybridized carbons (Fsp3) is 0.725. The van der Waals surface area contributed by atoms with Crippen molar-refractivity contribution in [2.24, 2.45) is 28.8 Å². The van der Waals surface area contributed by atoms with Crippen LogP contribution in [0.25, 0.3) is 0 Å². The predicted octanol–water partition coefficient (Wildman–Crippen LogP) is 3.10. The Morgan fingerprint density at radius 3 is 2.26 bits per heavy atom. The first-order chi connectivity index (χ1) is 33.5. The molecule has 70 heavy (non-hydrogen) atoms. The molecule has 5 aliphatic rings. The van der Waals surface area contributed by atoms with Gasteiger partial charge in [-0.25, -0.2) is 0 Å². The number of likely N-dealkylation sites (N-methyl/N-ethyl adjacent to an activating group) is 1. The van der Waals surface area contributed by atoms with Gasteiger partial charge in [-0.15, -0.1) is 0 Å². The molecular weight excluding hydrogens is 911 g/mol. The number of aliphatic hydroxyl groups excluding tert-OH is 3. The molecule has 1 amide bonds. The summed E-state index contributed by atoms with van der Waals surface area (Å²) in [4.78, 5) is 48.2. The lowest BCUT2D eigenvalue weighted by Crippen LogP contribution is -2.63. The van der Waals surface area contributed by atoms with E-state index in [0.29, 0.717) is 24.1 Å². The van der Waals surface area contributed by atoms with Crippen molar-refractivity contribution in [3.8, 4) is 0 Å². The minimum atomic E-state index is -1.26. The molecule has 2 bridgehead atoms. The number of benzene rings is 1. The van der Waals surface area contributed by atoms with E-state index >= 15 is 0 Å². The lowest BCUT2D eigenvalue weighted by atomic mass is 9.79. The molecule has 19 nitrogen and oxygen atoms in total. The maximum atomic E-state index is 14.1. The maximum absolute atomic E-state index is 14.1. The number of ether oxygens (including phenoxy) is 9. The van der Waals surface area contributed by atoms with Crippen molar-refractivity contribution in [3.63, 3.8) is 0 Å². The van der Waals surface area contributed by atoms with E-state index in [1.807, 2.05) is 39.0 Å². The third-order valence-corrected chi connectivity index (χ3v) is 13.9. The van der Waals surface area contributed by atoms with Gasteiger partial charge in [0.25, 0.3) is 5.91 Å². The second kappa shape index (κ2) is 26.3. The SMILES string of the molecule is CO[C@@H]1[C@H](O)[C@@H](C)O[C@@H](OC[C@H]2/C=C(C)/C=C/C(=O)[C@H](C)CC3CCOC/C(=N\OCc4ccc(C(=O)NC5CC5)cc4)CO[C@H](CC(=O)OC2)[C@H](C)[C@H]3O[C@@H]2O[C@H](C)[C@@H](O)[C@H](N(C)C)[C@H]2O)[C@@H]1OC. The number of esters is 1. The van der Waals surface area contributed by atoms with Gasteiger partial charge in [0.15, 0.2) is 18.4 Å². The zero-order valence-corrected chi connectivity index (χ0v) is 42.2. The van der Waals surface area contributed by atoms with Crippen LogP contribution in [-0.4, -0.2) is 185 Å². The number of oxime groups is 1. The number of carbonyl (C=O) groups is 3. The second-order valence-electron chi connectivity index (χ2n) is 19.8. The summed E-state index contributed by atoms with van der Waals surface area (Å²) in [5.41, 5.74) is 2.50. The number of allylic oxidation sites excluding steroid dienone is 3. The number of carbonyl (C=O) groups excluding carboxylic acids is 3. The highest BCUT2D eigenvalue weighted by Crippen LogP contribution is 2.36. The fourth-order valence-corrected chi connectivity index (χ4v) is 9.55. The highest BCUT2D eigenvalue weighted by Gasteiger charge is 2.48. The van der Waals surface area contributed by atoms with Gasteiger partial charge in [0.05, 0.1) is 69.4 Å². The van der Waals surface area contributed by atoms with Crippen LogP contribution in [0.1, 0.15) is 82.6 Å². The molecule has 4 fully saturated rings. The number of nitrogens with one attached hydrogen (secondary N) is 1. The number of hydrogen-bond donors (Lipinski definition) is 4. The summed E-state index contributed by atoms with van der Waals surface area (Å²) >= 11 is 0. The first-order valence-corrected chi connectivity index (χ1v) is 24.6. The van der Waals surface area contributed by atoms with Crippen LogP contribution in [0.3, 0.4) is 0 Å². The van der Waals surface area contributed by atoms with Gasteiger partial charge in [0, 0.05) is 50.2 Å². The molecule has 1 aromatic carbocycles. The lowest BCUT2D eigenvalue weighted by molar-refractivity contribution is -0.305. The van der Waals surface area contributed by atoms with E-state index in [2.05, 4.69) is 10.5 Å². The molecule has 19 heteroatoms. The Bertz CT molecular complexity index is 1940. The summed E-state index contributed by atoms with van der Waals surface area (Å²) in [6, 6.07) is 6.64. The van der Waals surface area contributed by atoms with E-state index in [1.54, 1.807) is 57.1 Å². The van der Waals surface area contributed by atoms with Gasteiger partial charge >= 0.3 is 5.97 Å². The van der Waals surface area contributed by atoms with Crippen molar-refractivity contribution in [1.29, 1.82) is 0 Å². The van der Waals surface area contributed by atoms with Crippen molar-refractivity contribution in [3.05, 3.63) is 59.2 Å². The first kappa shape index (κ1) is 55.6. The Balaban J connectivity index is 1.27. The van der Waals surface area contributed by atoms with Crippen LogP contribution in [0.2, 0.25) is 0 Å². The Kier molecular flexibility index (Phi) is 20.9. The van der Waals surface area contributed by atoms with Crippen LogP contribution < -0.4 is 5.32 Å². The molecule has 3 saturated heterocycles. The number of fused-ring (bicyclic) bond motifs is 3. The predicted molar refractivity (Wildman–Crippen MR) is 254 cm³/mol. The van der Waals surface area contributed by atoms with Gasteiger partial charge in [0.1, 0.15) is 36.7 Å². The fourth-order valence-electron chi connectivity index (χ4n) is 9.55. The molecule has 4 N–H and O–H groups in total. The summed E-state index contributed by atoms with van der Waals surface area (Å²) in [7, 11) is 6.48. The normalized spacial score (nSPS) is 38.3. The van der Waals surface area contributed by atoms with Crippen molar-refractivity contribution in [2.45, 2.75) is 153 Å². The van der Waals surface area contributed by atoms with Crippen molar-refractivity contribution < 1.29 is 77.2 Å². The zero-order valence-electron chi connectivity index (χ0n) is 42.2. The number of methoxy groups -OCH3 is 2. The van der Waals surface area contributed by atoms with E-state index < -0.39 is 97.3 Å². The van der Waals surface area contributed by atoms with E-state index in [1.165, 1.54) is 14.2 Å². The third-order valence-electron chi connectivity index (χ3n) is 13.9. The van der Waals surface area contributed by atoms with Gasteiger partial charge < -0.3 is 73.0 Å². The number of rotatable bonds is 13. The van der Waals surface area contributed by atoms with Gasteiger partial charge in [-0.05, 0) is 90.2 Å².